The molecule has 1 aromatic carbocycles. The third-order valence-electron chi connectivity index (χ3n) is 3.37. The van der Waals surface area contributed by atoms with Crippen LogP contribution in [0.25, 0.3) is 0 Å². The monoisotopic (exact) mass is 318 g/mol. The van der Waals surface area contributed by atoms with Crippen molar-refractivity contribution in [1.82, 2.24) is 4.90 Å². The maximum Gasteiger partial charge on any atom is 0.210 e. The van der Waals surface area contributed by atoms with Crippen LogP contribution >= 0.6 is 11.6 Å². The van der Waals surface area contributed by atoms with Gasteiger partial charge in [0, 0.05) is 17.6 Å². The Morgan fingerprint density at radius 2 is 2.25 bits per heavy atom. The molecule has 1 heterocycles. The van der Waals surface area contributed by atoms with Gasteiger partial charge in [0.05, 0.1) is 5.75 Å². The SMILES string of the molecule is NS(=O)(=O)C[C@@H]1CCCN1CCOc1cccc(Cl)c1. The summed E-state index contributed by atoms with van der Waals surface area (Å²) in [6, 6.07) is 7.23. The van der Waals surface area contributed by atoms with Gasteiger partial charge in [-0.2, -0.15) is 0 Å². The molecular weight excluding hydrogens is 300 g/mol. The zero-order chi connectivity index (χ0) is 14.6. The Balaban J connectivity index is 1.81. The number of primary sulfonamides is 1. The average Bonchev–Trinajstić information content (AvgIpc) is 2.74. The minimum Gasteiger partial charge on any atom is -0.492 e. The number of ether oxygens (including phenoxy) is 1. The van der Waals surface area contributed by atoms with E-state index in [2.05, 4.69) is 4.90 Å². The summed E-state index contributed by atoms with van der Waals surface area (Å²) >= 11 is 5.88. The summed E-state index contributed by atoms with van der Waals surface area (Å²) in [6.45, 7) is 2.08. The minimum atomic E-state index is -3.42. The van der Waals surface area contributed by atoms with Gasteiger partial charge >= 0.3 is 0 Å². The van der Waals surface area contributed by atoms with Gasteiger partial charge in [-0.05, 0) is 37.6 Å². The first-order valence-corrected chi connectivity index (χ1v) is 8.66. The van der Waals surface area contributed by atoms with Crippen LogP contribution in [0.15, 0.2) is 24.3 Å². The number of benzene rings is 1. The second kappa shape index (κ2) is 6.76. The fourth-order valence-corrected chi connectivity index (χ4v) is 3.58. The van der Waals surface area contributed by atoms with Gasteiger partial charge in [0.25, 0.3) is 0 Å². The molecular formula is C13H19ClN2O3S. The molecule has 20 heavy (non-hydrogen) atoms. The topological polar surface area (TPSA) is 72.6 Å². The highest BCUT2D eigenvalue weighted by molar-refractivity contribution is 7.89. The lowest BCUT2D eigenvalue weighted by Crippen LogP contribution is -2.39. The van der Waals surface area contributed by atoms with E-state index in [4.69, 9.17) is 21.5 Å². The summed E-state index contributed by atoms with van der Waals surface area (Å²) in [6.07, 6.45) is 1.87. The van der Waals surface area contributed by atoms with Gasteiger partial charge in [-0.1, -0.05) is 17.7 Å². The molecule has 1 saturated heterocycles. The normalized spacial score (nSPS) is 20.2. The Morgan fingerprint density at radius 3 is 2.95 bits per heavy atom. The van der Waals surface area contributed by atoms with Crippen LogP contribution in [0, 0.1) is 0 Å². The van der Waals surface area contributed by atoms with Gasteiger partial charge in [0.2, 0.25) is 10.0 Å². The van der Waals surface area contributed by atoms with Crippen LogP contribution < -0.4 is 9.88 Å². The maximum absolute atomic E-state index is 11.2. The number of nitrogens with two attached hydrogens (primary N) is 1. The van der Waals surface area contributed by atoms with Crippen molar-refractivity contribution < 1.29 is 13.2 Å². The fraction of sp³-hybridized carbons (Fsp3) is 0.538. The third kappa shape index (κ3) is 4.94. The first-order chi connectivity index (χ1) is 9.44. The van der Waals surface area contributed by atoms with Crippen molar-refractivity contribution in [3.63, 3.8) is 0 Å². The van der Waals surface area contributed by atoms with Crippen molar-refractivity contribution >= 4 is 21.6 Å². The van der Waals surface area contributed by atoms with Gasteiger partial charge < -0.3 is 4.74 Å². The summed E-state index contributed by atoms with van der Waals surface area (Å²) in [5, 5.41) is 5.75. The highest BCUT2D eigenvalue weighted by atomic mass is 35.5. The Morgan fingerprint density at radius 1 is 1.45 bits per heavy atom. The van der Waals surface area contributed by atoms with Gasteiger partial charge in [0.15, 0.2) is 0 Å². The number of nitrogens with zero attached hydrogens (tertiary/aromatic N) is 1. The Bertz CT molecular complexity index is 550. The molecule has 2 N–H and O–H groups in total. The first kappa shape index (κ1) is 15.6. The smallest absolute Gasteiger partial charge is 0.210 e. The highest BCUT2D eigenvalue weighted by Crippen LogP contribution is 2.19. The standard InChI is InChI=1S/C13H19ClN2O3S/c14-11-3-1-5-13(9-11)19-8-7-16-6-2-4-12(16)10-20(15,17)18/h1,3,5,9,12H,2,4,6-8,10H2,(H2,15,17,18)/t12-/m0/s1. The summed E-state index contributed by atoms with van der Waals surface area (Å²) in [5.74, 6) is 0.740. The molecule has 1 fully saturated rings. The molecule has 7 heteroatoms. The molecule has 1 aliphatic heterocycles. The molecule has 0 aromatic heterocycles. The number of hydrogen-bond acceptors (Lipinski definition) is 4. The van der Waals surface area contributed by atoms with Crippen molar-refractivity contribution in [3.8, 4) is 5.75 Å². The van der Waals surface area contributed by atoms with Crippen LogP contribution in [0.1, 0.15) is 12.8 Å². The van der Waals surface area contributed by atoms with Crippen LogP contribution in [0.3, 0.4) is 0 Å². The van der Waals surface area contributed by atoms with Crippen LogP contribution in [0.2, 0.25) is 5.02 Å². The molecule has 1 atom stereocenters. The van der Waals surface area contributed by atoms with Crippen molar-refractivity contribution in [2.45, 2.75) is 18.9 Å². The number of halogens is 1. The quantitative estimate of drug-likeness (QED) is 0.862. The van der Waals surface area contributed by atoms with Crippen LogP contribution in [-0.2, 0) is 10.0 Å². The van der Waals surface area contributed by atoms with E-state index >= 15 is 0 Å². The second-order valence-electron chi connectivity index (χ2n) is 4.97. The minimum absolute atomic E-state index is 0.00737. The summed E-state index contributed by atoms with van der Waals surface area (Å²) < 4.78 is 28.0. The molecule has 0 amide bonds. The van der Waals surface area contributed by atoms with Crippen molar-refractivity contribution in [3.05, 3.63) is 29.3 Å². The van der Waals surface area contributed by atoms with Gasteiger partial charge in [-0.3, -0.25) is 4.90 Å². The van der Waals surface area contributed by atoms with E-state index in [-0.39, 0.29) is 11.8 Å². The third-order valence-corrected chi connectivity index (χ3v) is 4.45. The van der Waals surface area contributed by atoms with Crippen LogP contribution in [0.4, 0.5) is 0 Å². The average molecular weight is 319 g/mol. The van der Waals surface area contributed by atoms with E-state index < -0.39 is 10.0 Å². The summed E-state index contributed by atoms with van der Waals surface area (Å²) in [4.78, 5) is 2.12. The molecule has 0 saturated carbocycles. The largest absolute Gasteiger partial charge is 0.492 e. The number of sulfonamides is 1. The molecule has 5 nitrogen and oxygen atoms in total. The number of hydrogen-bond donors (Lipinski definition) is 1. The molecule has 0 spiro atoms. The van der Waals surface area contributed by atoms with Crippen molar-refractivity contribution in [2.24, 2.45) is 5.14 Å². The molecule has 0 unspecified atom stereocenters. The molecule has 1 aliphatic rings. The van der Waals surface area contributed by atoms with E-state index in [1.54, 1.807) is 12.1 Å². The Kier molecular flexibility index (Phi) is 5.26. The molecule has 1 aromatic rings. The lowest BCUT2D eigenvalue weighted by molar-refractivity contribution is 0.205. The van der Waals surface area contributed by atoms with Crippen LogP contribution in [-0.4, -0.2) is 44.8 Å². The molecule has 112 valence electrons. The lowest BCUT2D eigenvalue weighted by atomic mass is 10.2. The van der Waals surface area contributed by atoms with E-state index in [1.165, 1.54) is 0 Å². The highest BCUT2D eigenvalue weighted by Gasteiger charge is 2.27. The maximum atomic E-state index is 11.2. The Hall–Kier alpha value is -0.820. The molecule has 0 aliphatic carbocycles. The van der Waals surface area contributed by atoms with Crippen molar-refractivity contribution in [1.29, 1.82) is 0 Å². The summed E-state index contributed by atoms with van der Waals surface area (Å²) in [7, 11) is -3.42. The second-order valence-corrected chi connectivity index (χ2v) is 7.06. The number of likely N-dealkylation sites (tertiary alicyclic amines) is 1. The van der Waals surface area contributed by atoms with E-state index in [1.807, 2.05) is 12.1 Å². The fourth-order valence-electron chi connectivity index (χ4n) is 2.48. The predicted molar refractivity (Wildman–Crippen MR) is 79.5 cm³/mol. The van der Waals surface area contributed by atoms with E-state index in [0.717, 1.165) is 25.1 Å². The first-order valence-electron chi connectivity index (χ1n) is 6.57. The predicted octanol–water partition coefficient (Wildman–Crippen LogP) is 1.47. The van der Waals surface area contributed by atoms with Crippen LogP contribution in [0.5, 0.6) is 5.75 Å². The molecule has 0 bridgehead atoms. The summed E-state index contributed by atoms with van der Waals surface area (Å²) in [5.41, 5.74) is 0. The number of rotatable bonds is 6. The molecule has 2 rings (SSSR count). The van der Waals surface area contributed by atoms with Gasteiger partial charge in [0.1, 0.15) is 12.4 Å². The van der Waals surface area contributed by atoms with Crippen molar-refractivity contribution in [2.75, 3.05) is 25.4 Å². The van der Waals surface area contributed by atoms with E-state index in [0.29, 0.717) is 18.2 Å². The van der Waals surface area contributed by atoms with Gasteiger partial charge in [-0.15, -0.1) is 0 Å². The molecule has 0 radical (unpaired) electrons. The van der Waals surface area contributed by atoms with Gasteiger partial charge in [-0.25, -0.2) is 13.6 Å². The zero-order valence-electron chi connectivity index (χ0n) is 11.2. The van der Waals surface area contributed by atoms with E-state index in [9.17, 15) is 8.42 Å². The lowest BCUT2D eigenvalue weighted by Gasteiger charge is -2.23. The zero-order valence-corrected chi connectivity index (χ0v) is 12.7. The Labute approximate surface area is 124 Å².